The lowest BCUT2D eigenvalue weighted by molar-refractivity contribution is -0.121. The fourth-order valence-electron chi connectivity index (χ4n) is 2.96. The van der Waals surface area contributed by atoms with Crippen LogP contribution in [0, 0.1) is 6.92 Å². The molecule has 0 fully saturated rings. The second kappa shape index (κ2) is 7.14. The van der Waals surface area contributed by atoms with Gasteiger partial charge in [-0.15, -0.1) is 11.3 Å². The van der Waals surface area contributed by atoms with E-state index >= 15 is 0 Å². The molecule has 0 atom stereocenters. The van der Waals surface area contributed by atoms with Gasteiger partial charge in [0.1, 0.15) is 12.4 Å². The summed E-state index contributed by atoms with van der Waals surface area (Å²) in [6.07, 6.45) is 0. The molecule has 0 aliphatic heterocycles. The van der Waals surface area contributed by atoms with Gasteiger partial charge in [-0.3, -0.25) is 4.79 Å². The highest BCUT2D eigenvalue weighted by Crippen LogP contribution is 2.25. The Labute approximate surface area is 156 Å². The van der Waals surface area contributed by atoms with Gasteiger partial charge < -0.3 is 9.88 Å². The van der Waals surface area contributed by atoms with Crippen molar-refractivity contribution in [2.75, 3.05) is 0 Å². The maximum atomic E-state index is 12.5. The van der Waals surface area contributed by atoms with Gasteiger partial charge in [0.25, 0.3) is 0 Å². The minimum atomic E-state index is -0.0186. The number of aromatic nitrogens is 2. The van der Waals surface area contributed by atoms with Gasteiger partial charge in [-0.2, -0.15) is 0 Å². The Balaban J connectivity index is 1.65. The van der Waals surface area contributed by atoms with Gasteiger partial charge in [0, 0.05) is 10.4 Å². The lowest BCUT2D eigenvalue weighted by Gasteiger charge is -2.10. The van der Waals surface area contributed by atoms with Crippen molar-refractivity contribution in [3.05, 3.63) is 76.5 Å². The minimum absolute atomic E-state index is 0.0186. The van der Waals surface area contributed by atoms with Crippen molar-refractivity contribution in [2.24, 2.45) is 0 Å². The van der Waals surface area contributed by atoms with Crippen LogP contribution in [0.25, 0.3) is 22.4 Å². The summed E-state index contributed by atoms with van der Waals surface area (Å²) in [5.41, 5.74) is 4.08. The number of fused-ring (bicyclic) bond motifs is 1. The molecule has 0 aliphatic rings. The molecule has 0 saturated carbocycles. The number of carbonyl (C=O) groups excluding carboxylic acids is 1. The van der Waals surface area contributed by atoms with Crippen LogP contribution >= 0.6 is 11.3 Å². The summed E-state index contributed by atoms with van der Waals surface area (Å²) < 4.78 is 1.99. The van der Waals surface area contributed by atoms with Crippen molar-refractivity contribution < 1.29 is 4.79 Å². The Morgan fingerprint density at radius 3 is 2.65 bits per heavy atom. The zero-order valence-electron chi connectivity index (χ0n) is 14.5. The topological polar surface area (TPSA) is 46.9 Å². The third-order valence-electron chi connectivity index (χ3n) is 4.31. The molecule has 1 amide bonds. The SMILES string of the molecule is Cc1ccc(-c2nc3ccccc3n2CC(=O)NCc2cccs2)cc1. The standard InChI is InChI=1S/C21H19N3OS/c1-15-8-10-16(11-9-15)21-23-18-6-2-3-7-19(18)24(21)14-20(25)22-13-17-5-4-12-26-17/h2-12H,13-14H2,1H3,(H,22,25). The lowest BCUT2D eigenvalue weighted by Crippen LogP contribution is -2.27. The van der Waals surface area contributed by atoms with Crippen molar-refractivity contribution in [1.82, 2.24) is 14.9 Å². The second-order valence-electron chi connectivity index (χ2n) is 6.23. The van der Waals surface area contributed by atoms with Gasteiger partial charge in [-0.05, 0) is 30.5 Å². The summed E-state index contributed by atoms with van der Waals surface area (Å²) in [7, 11) is 0. The van der Waals surface area contributed by atoms with E-state index in [1.807, 2.05) is 46.3 Å². The van der Waals surface area contributed by atoms with Crippen LogP contribution in [-0.2, 0) is 17.9 Å². The average Bonchev–Trinajstić information content (AvgIpc) is 3.29. The molecule has 26 heavy (non-hydrogen) atoms. The molecule has 2 aromatic heterocycles. The Hall–Kier alpha value is -2.92. The van der Waals surface area contributed by atoms with E-state index in [4.69, 9.17) is 4.98 Å². The predicted octanol–water partition coefficient (Wildman–Crippen LogP) is 4.39. The number of nitrogens with one attached hydrogen (secondary N) is 1. The van der Waals surface area contributed by atoms with Crippen LogP contribution in [0.5, 0.6) is 0 Å². The van der Waals surface area contributed by atoms with Crippen molar-refractivity contribution in [2.45, 2.75) is 20.0 Å². The Morgan fingerprint density at radius 1 is 1.08 bits per heavy atom. The van der Waals surface area contributed by atoms with Crippen molar-refractivity contribution >= 4 is 28.3 Å². The van der Waals surface area contributed by atoms with Gasteiger partial charge in [-0.25, -0.2) is 4.98 Å². The highest BCUT2D eigenvalue weighted by molar-refractivity contribution is 7.09. The van der Waals surface area contributed by atoms with E-state index < -0.39 is 0 Å². The fourth-order valence-corrected chi connectivity index (χ4v) is 3.60. The monoisotopic (exact) mass is 361 g/mol. The molecule has 130 valence electrons. The summed E-state index contributed by atoms with van der Waals surface area (Å²) in [5, 5.41) is 5.01. The summed E-state index contributed by atoms with van der Waals surface area (Å²) >= 11 is 1.64. The number of para-hydroxylation sites is 2. The zero-order valence-corrected chi connectivity index (χ0v) is 15.3. The molecule has 0 unspecified atom stereocenters. The first kappa shape index (κ1) is 16.5. The van der Waals surface area contributed by atoms with E-state index in [2.05, 4.69) is 36.5 Å². The number of benzene rings is 2. The van der Waals surface area contributed by atoms with Crippen LogP contribution < -0.4 is 5.32 Å². The maximum Gasteiger partial charge on any atom is 0.240 e. The highest BCUT2D eigenvalue weighted by atomic mass is 32.1. The molecular formula is C21H19N3OS. The van der Waals surface area contributed by atoms with Crippen LogP contribution in [0.2, 0.25) is 0 Å². The molecule has 0 aliphatic carbocycles. The Bertz CT molecular complexity index is 1030. The largest absolute Gasteiger partial charge is 0.350 e. The first-order valence-corrected chi connectivity index (χ1v) is 9.40. The molecular weight excluding hydrogens is 342 g/mol. The smallest absolute Gasteiger partial charge is 0.240 e. The van der Waals surface area contributed by atoms with E-state index in [1.165, 1.54) is 5.56 Å². The lowest BCUT2D eigenvalue weighted by atomic mass is 10.1. The van der Waals surface area contributed by atoms with Crippen LogP contribution in [0.4, 0.5) is 0 Å². The number of hydrogen-bond donors (Lipinski definition) is 1. The van der Waals surface area contributed by atoms with E-state index in [0.717, 1.165) is 27.3 Å². The van der Waals surface area contributed by atoms with E-state index in [1.54, 1.807) is 11.3 Å². The minimum Gasteiger partial charge on any atom is -0.350 e. The molecule has 0 bridgehead atoms. The average molecular weight is 361 g/mol. The summed E-state index contributed by atoms with van der Waals surface area (Å²) in [5.74, 6) is 0.799. The summed E-state index contributed by atoms with van der Waals surface area (Å²) in [6.45, 7) is 2.86. The predicted molar refractivity (Wildman–Crippen MR) is 106 cm³/mol. The zero-order chi connectivity index (χ0) is 17.9. The highest BCUT2D eigenvalue weighted by Gasteiger charge is 2.15. The van der Waals surface area contributed by atoms with Gasteiger partial charge in [0.2, 0.25) is 5.91 Å². The first-order chi connectivity index (χ1) is 12.7. The molecule has 0 saturated heterocycles. The van der Waals surface area contributed by atoms with Crippen LogP contribution in [0.15, 0.2) is 66.0 Å². The number of aryl methyl sites for hydroxylation is 1. The molecule has 4 aromatic rings. The number of hydrogen-bond acceptors (Lipinski definition) is 3. The maximum absolute atomic E-state index is 12.5. The molecule has 2 aromatic carbocycles. The third-order valence-corrected chi connectivity index (χ3v) is 5.18. The van der Waals surface area contributed by atoms with E-state index in [-0.39, 0.29) is 12.5 Å². The van der Waals surface area contributed by atoms with Crippen molar-refractivity contribution in [3.8, 4) is 11.4 Å². The number of thiophene rings is 1. The Kier molecular flexibility index (Phi) is 4.54. The van der Waals surface area contributed by atoms with Crippen molar-refractivity contribution in [3.63, 3.8) is 0 Å². The molecule has 0 radical (unpaired) electrons. The van der Waals surface area contributed by atoms with E-state index in [9.17, 15) is 4.79 Å². The summed E-state index contributed by atoms with van der Waals surface area (Å²) in [4.78, 5) is 18.4. The molecule has 0 spiro atoms. The van der Waals surface area contributed by atoms with Gasteiger partial charge in [0.15, 0.2) is 0 Å². The number of carbonyl (C=O) groups is 1. The van der Waals surface area contributed by atoms with Crippen LogP contribution in [-0.4, -0.2) is 15.5 Å². The van der Waals surface area contributed by atoms with Crippen molar-refractivity contribution in [1.29, 1.82) is 0 Å². The second-order valence-corrected chi connectivity index (χ2v) is 7.26. The Morgan fingerprint density at radius 2 is 1.88 bits per heavy atom. The third kappa shape index (κ3) is 3.39. The number of rotatable bonds is 5. The summed E-state index contributed by atoms with van der Waals surface area (Å²) in [6, 6.07) is 20.2. The van der Waals surface area contributed by atoms with Crippen LogP contribution in [0.1, 0.15) is 10.4 Å². The first-order valence-electron chi connectivity index (χ1n) is 8.52. The molecule has 4 rings (SSSR count). The van der Waals surface area contributed by atoms with Gasteiger partial charge >= 0.3 is 0 Å². The van der Waals surface area contributed by atoms with Gasteiger partial charge in [-0.1, -0.05) is 48.0 Å². The quantitative estimate of drug-likeness (QED) is 0.573. The molecule has 1 N–H and O–H groups in total. The normalized spacial score (nSPS) is 11.0. The molecule has 4 nitrogen and oxygen atoms in total. The van der Waals surface area contributed by atoms with Gasteiger partial charge in [0.05, 0.1) is 17.6 Å². The molecule has 5 heteroatoms. The number of amides is 1. The van der Waals surface area contributed by atoms with Crippen LogP contribution in [0.3, 0.4) is 0 Å². The number of nitrogens with zero attached hydrogens (tertiary/aromatic N) is 2. The van der Waals surface area contributed by atoms with E-state index in [0.29, 0.717) is 6.54 Å². The number of imidazole rings is 1. The fraction of sp³-hybridized carbons (Fsp3) is 0.143. The molecule has 2 heterocycles.